The molecule has 1 aromatic heterocycles. The van der Waals surface area contributed by atoms with Crippen molar-refractivity contribution in [3.05, 3.63) is 48.0 Å². The largest absolute Gasteiger partial charge is 0.493 e. The van der Waals surface area contributed by atoms with Gasteiger partial charge in [0, 0.05) is 13.1 Å². The van der Waals surface area contributed by atoms with Gasteiger partial charge in [-0.05, 0) is 43.7 Å². The first-order valence-electron chi connectivity index (χ1n) is 10.5. The number of hydrogen-bond donors (Lipinski definition) is 1. The summed E-state index contributed by atoms with van der Waals surface area (Å²) in [6, 6.07) is 13.4. The number of amides is 1. The average molecular weight is 489 g/mol. The molecule has 3 aromatic rings. The molecule has 0 saturated heterocycles. The van der Waals surface area contributed by atoms with Crippen LogP contribution in [0.2, 0.25) is 0 Å². The van der Waals surface area contributed by atoms with Gasteiger partial charge >= 0.3 is 0 Å². The first-order valence-corrected chi connectivity index (χ1v) is 12.3. The summed E-state index contributed by atoms with van der Waals surface area (Å²) in [6.07, 6.45) is 0. The molecule has 0 aliphatic carbocycles. The van der Waals surface area contributed by atoms with Crippen molar-refractivity contribution >= 4 is 39.8 Å². The van der Waals surface area contributed by atoms with Crippen molar-refractivity contribution < 1.29 is 19.0 Å². The normalized spacial score (nSPS) is 10.5. The molecule has 8 nitrogen and oxygen atoms in total. The predicted octanol–water partition coefficient (Wildman–Crippen LogP) is 4.84. The maximum Gasteiger partial charge on any atom is 0.233 e. The number of ether oxygens (including phenoxy) is 3. The van der Waals surface area contributed by atoms with Crippen LogP contribution >= 0.6 is 23.1 Å². The number of carbonyl (C=O) groups excluding carboxylic acids is 1. The molecular formula is C23H28N4O4S2. The minimum Gasteiger partial charge on any atom is -0.493 e. The second-order valence-corrected chi connectivity index (χ2v) is 9.01. The molecule has 3 rings (SSSR count). The molecule has 0 unspecified atom stereocenters. The van der Waals surface area contributed by atoms with Gasteiger partial charge in [-0.2, -0.15) is 0 Å². The number of rotatable bonds is 12. The highest BCUT2D eigenvalue weighted by molar-refractivity contribution is 8.01. The number of aromatic nitrogens is 2. The van der Waals surface area contributed by atoms with Crippen molar-refractivity contribution in [3.63, 3.8) is 0 Å². The van der Waals surface area contributed by atoms with Crippen LogP contribution in [0.25, 0.3) is 0 Å². The lowest BCUT2D eigenvalue weighted by atomic mass is 10.2. The highest BCUT2D eigenvalue weighted by Gasteiger charge is 2.16. The van der Waals surface area contributed by atoms with E-state index in [1.807, 2.05) is 56.3 Å². The Morgan fingerprint density at radius 3 is 2.58 bits per heavy atom. The molecule has 33 heavy (non-hydrogen) atoms. The molecule has 1 N–H and O–H groups in total. The van der Waals surface area contributed by atoms with Crippen molar-refractivity contribution in [2.45, 2.75) is 24.7 Å². The van der Waals surface area contributed by atoms with E-state index in [1.54, 1.807) is 19.1 Å². The minimum atomic E-state index is 0.0312. The van der Waals surface area contributed by atoms with Crippen molar-refractivity contribution in [2.75, 3.05) is 38.4 Å². The van der Waals surface area contributed by atoms with E-state index in [1.165, 1.54) is 23.1 Å². The van der Waals surface area contributed by atoms with E-state index in [0.29, 0.717) is 36.3 Å². The Balaban J connectivity index is 1.57. The Hall–Kier alpha value is -2.98. The number of benzene rings is 2. The Morgan fingerprint density at radius 1 is 1.06 bits per heavy atom. The van der Waals surface area contributed by atoms with Crippen molar-refractivity contribution in [2.24, 2.45) is 0 Å². The van der Waals surface area contributed by atoms with Crippen LogP contribution in [-0.4, -0.2) is 54.1 Å². The fourth-order valence-electron chi connectivity index (χ4n) is 3.08. The molecule has 0 bridgehead atoms. The molecule has 0 saturated carbocycles. The number of carbonyl (C=O) groups is 1. The summed E-state index contributed by atoms with van der Waals surface area (Å²) in [4.78, 5) is 14.6. The van der Waals surface area contributed by atoms with Crippen LogP contribution in [0, 0.1) is 0 Å². The van der Waals surface area contributed by atoms with Crippen LogP contribution in [0.3, 0.4) is 0 Å². The van der Waals surface area contributed by atoms with Gasteiger partial charge in [-0.25, -0.2) is 0 Å². The van der Waals surface area contributed by atoms with Crippen LogP contribution in [0.15, 0.2) is 46.8 Å². The van der Waals surface area contributed by atoms with Crippen LogP contribution in [-0.2, 0) is 11.3 Å². The first-order chi connectivity index (χ1) is 16.1. The lowest BCUT2D eigenvalue weighted by Crippen LogP contribution is -2.31. The predicted molar refractivity (Wildman–Crippen MR) is 132 cm³/mol. The minimum absolute atomic E-state index is 0.0312. The molecule has 1 heterocycles. The molecule has 2 aromatic carbocycles. The smallest absolute Gasteiger partial charge is 0.233 e. The summed E-state index contributed by atoms with van der Waals surface area (Å²) in [6.45, 7) is 5.58. The van der Waals surface area contributed by atoms with Gasteiger partial charge < -0.3 is 24.4 Å². The van der Waals surface area contributed by atoms with Gasteiger partial charge in [-0.15, -0.1) is 10.2 Å². The third-order valence-electron chi connectivity index (χ3n) is 4.71. The lowest BCUT2D eigenvalue weighted by molar-refractivity contribution is -0.128. The number of nitrogens with zero attached hydrogens (tertiary/aromatic N) is 3. The van der Waals surface area contributed by atoms with E-state index in [4.69, 9.17) is 14.2 Å². The third-order valence-corrected chi connectivity index (χ3v) is 6.67. The molecule has 10 heteroatoms. The number of para-hydroxylation sites is 2. The van der Waals surface area contributed by atoms with Gasteiger partial charge in [0.15, 0.2) is 15.8 Å². The Kier molecular flexibility index (Phi) is 9.20. The maximum atomic E-state index is 12.8. The second kappa shape index (κ2) is 12.3. The van der Waals surface area contributed by atoms with E-state index in [-0.39, 0.29) is 11.7 Å². The van der Waals surface area contributed by atoms with Crippen LogP contribution in [0.1, 0.15) is 19.4 Å². The first kappa shape index (κ1) is 24.7. The molecule has 0 atom stereocenters. The molecular weight excluding hydrogens is 460 g/mol. The molecule has 0 aliphatic heterocycles. The summed E-state index contributed by atoms with van der Waals surface area (Å²) in [5.74, 6) is 2.38. The number of thioether (sulfide) groups is 1. The van der Waals surface area contributed by atoms with Gasteiger partial charge in [-0.1, -0.05) is 41.3 Å². The van der Waals surface area contributed by atoms with Gasteiger partial charge in [0.1, 0.15) is 5.75 Å². The number of nitrogens with one attached hydrogen (secondary N) is 1. The number of anilines is 2. The van der Waals surface area contributed by atoms with Crippen molar-refractivity contribution in [1.29, 1.82) is 0 Å². The summed E-state index contributed by atoms with van der Waals surface area (Å²) >= 11 is 2.78. The summed E-state index contributed by atoms with van der Waals surface area (Å²) < 4.78 is 17.0. The third kappa shape index (κ3) is 6.75. The fourth-order valence-corrected chi connectivity index (χ4v) is 4.74. The van der Waals surface area contributed by atoms with Crippen molar-refractivity contribution in [3.8, 4) is 17.2 Å². The molecule has 0 radical (unpaired) electrons. The van der Waals surface area contributed by atoms with Crippen LogP contribution < -0.4 is 19.5 Å². The van der Waals surface area contributed by atoms with E-state index >= 15 is 0 Å². The van der Waals surface area contributed by atoms with Crippen LogP contribution in [0.4, 0.5) is 10.8 Å². The molecule has 176 valence electrons. The SMILES string of the molecule is CCOc1ccccc1Nc1nnc(SCC(=O)N(CC)Cc2ccc(OC)c(OC)c2)s1. The molecule has 0 spiro atoms. The standard InChI is InChI=1S/C23H28N4O4S2/c1-5-27(14-16-11-12-19(29-3)20(13-16)30-4)21(28)15-32-23-26-25-22(33-23)24-17-9-7-8-10-18(17)31-6-2/h7-13H,5-6,14-15H2,1-4H3,(H,24,25). The van der Waals surface area contributed by atoms with Gasteiger partial charge in [-0.3, -0.25) is 4.79 Å². The molecule has 1 amide bonds. The zero-order valence-electron chi connectivity index (χ0n) is 19.2. The Labute approximate surface area is 202 Å². The second-order valence-electron chi connectivity index (χ2n) is 6.81. The highest BCUT2D eigenvalue weighted by atomic mass is 32.2. The maximum absolute atomic E-state index is 12.8. The quantitative estimate of drug-likeness (QED) is 0.363. The summed E-state index contributed by atoms with van der Waals surface area (Å²) in [7, 11) is 3.20. The van der Waals surface area contributed by atoms with Gasteiger partial charge in [0.05, 0.1) is 32.3 Å². The monoisotopic (exact) mass is 488 g/mol. The topological polar surface area (TPSA) is 85.8 Å². The summed E-state index contributed by atoms with van der Waals surface area (Å²) in [5, 5.41) is 12.3. The van der Waals surface area contributed by atoms with Gasteiger partial charge in [0.25, 0.3) is 0 Å². The van der Waals surface area contributed by atoms with Crippen LogP contribution in [0.5, 0.6) is 17.2 Å². The van der Waals surface area contributed by atoms with Gasteiger partial charge in [0.2, 0.25) is 11.0 Å². The van der Waals surface area contributed by atoms with E-state index in [9.17, 15) is 4.79 Å². The molecule has 0 aliphatic rings. The van der Waals surface area contributed by atoms with Crippen molar-refractivity contribution in [1.82, 2.24) is 15.1 Å². The zero-order chi connectivity index (χ0) is 23.6. The number of hydrogen-bond acceptors (Lipinski definition) is 9. The summed E-state index contributed by atoms with van der Waals surface area (Å²) in [5.41, 5.74) is 1.80. The zero-order valence-corrected chi connectivity index (χ0v) is 20.8. The fraction of sp³-hybridized carbons (Fsp3) is 0.348. The average Bonchev–Trinajstić information content (AvgIpc) is 3.29. The lowest BCUT2D eigenvalue weighted by Gasteiger charge is -2.21. The van der Waals surface area contributed by atoms with E-state index in [2.05, 4.69) is 15.5 Å². The van der Waals surface area contributed by atoms with E-state index < -0.39 is 0 Å². The Morgan fingerprint density at radius 2 is 1.85 bits per heavy atom. The Bertz CT molecular complexity index is 1060. The van der Waals surface area contributed by atoms with E-state index in [0.717, 1.165) is 21.3 Å². The highest BCUT2D eigenvalue weighted by Crippen LogP contribution is 2.32. The number of methoxy groups -OCH3 is 2. The molecule has 0 fully saturated rings.